The lowest BCUT2D eigenvalue weighted by atomic mass is 9.79. The van der Waals surface area contributed by atoms with E-state index in [4.69, 9.17) is 0 Å². The van der Waals surface area contributed by atoms with Crippen LogP contribution < -0.4 is 5.32 Å². The van der Waals surface area contributed by atoms with E-state index < -0.39 is 9.84 Å². The number of nitrogens with zero attached hydrogens (tertiary/aromatic N) is 1. The van der Waals surface area contributed by atoms with Gasteiger partial charge in [-0.15, -0.1) is 11.3 Å². The number of amides is 1. The number of aryl methyl sites for hydroxylation is 1. The van der Waals surface area contributed by atoms with E-state index in [1.54, 1.807) is 42.5 Å². The number of anilines is 1. The van der Waals surface area contributed by atoms with Crippen molar-refractivity contribution in [3.63, 3.8) is 0 Å². The predicted molar refractivity (Wildman–Crippen MR) is 105 cm³/mol. The molecule has 0 fully saturated rings. The van der Waals surface area contributed by atoms with Crippen LogP contribution in [-0.4, -0.2) is 25.1 Å². The highest BCUT2D eigenvalue weighted by molar-refractivity contribution is 7.91. The molecule has 0 radical (unpaired) electrons. The number of benzene rings is 1. The highest BCUT2D eigenvalue weighted by Crippen LogP contribution is 2.40. The molecule has 5 nitrogen and oxygen atoms in total. The normalized spacial score (nSPS) is 16.1. The molecule has 1 aromatic carbocycles. The second kappa shape index (κ2) is 7.12. The summed E-state index contributed by atoms with van der Waals surface area (Å²) in [6.45, 7) is 6.01. The molecular formula is C19H24N2O3S2. The maximum absolute atomic E-state index is 12.3. The van der Waals surface area contributed by atoms with Gasteiger partial charge in [0, 0.05) is 10.3 Å². The van der Waals surface area contributed by atoms with E-state index in [1.807, 2.05) is 0 Å². The lowest BCUT2D eigenvalue weighted by Crippen LogP contribution is -2.23. The summed E-state index contributed by atoms with van der Waals surface area (Å²) in [6.07, 6.45) is 3.49. The number of hydrogen-bond donors (Lipinski definition) is 1. The highest BCUT2D eigenvalue weighted by Gasteiger charge is 2.31. The van der Waals surface area contributed by atoms with Crippen LogP contribution in [0.2, 0.25) is 0 Å². The SMILES string of the molecule is CCS(=O)(=O)c1ccc(CC(=O)Nc2nc3c(s2)CCCC3(C)C)cc1. The number of nitrogens with one attached hydrogen (secondary N) is 1. The number of fused-ring (bicyclic) bond motifs is 1. The Morgan fingerprint density at radius 2 is 1.96 bits per heavy atom. The Morgan fingerprint density at radius 1 is 1.27 bits per heavy atom. The minimum atomic E-state index is -3.21. The second-order valence-corrected chi connectivity index (χ2v) is 10.7. The van der Waals surface area contributed by atoms with E-state index >= 15 is 0 Å². The van der Waals surface area contributed by atoms with Crippen molar-refractivity contribution in [3.8, 4) is 0 Å². The average molecular weight is 393 g/mol. The standard InChI is InChI=1S/C19H24N2O3S2/c1-4-26(23,24)14-9-7-13(8-10-14)12-16(22)20-18-21-17-15(25-18)6-5-11-19(17,2)3/h7-10H,4-6,11-12H2,1-3H3,(H,20,21,22). The van der Waals surface area contributed by atoms with Gasteiger partial charge in [0.15, 0.2) is 15.0 Å². The third kappa shape index (κ3) is 3.99. The summed E-state index contributed by atoms with van der Waals surface area (Å²) in [4.78, 5) is 18.5. The number of sulfone groups is 1. The Balaban J connectivity index is 1.67. The zero-order chi connectivity index (χ0) is 18.9. The van der Waals surface area contributed by atoms with Crippen LogP contribution in [0.25, 0.3) is 0 Å². The molecule has 1 aromatic heterocycles. The van der Waals surface area contributed by atoms with Crippen LogP contribution in [0.4, 0.5) is 5.13 Å². The van der Waals surface area contributed by atoms with Gasteiger partial charge in [0.1, 0.15) is 0 Å². The minimum Gasteiger partial charge on any atom is -0.302 e. The van der Waals surface area contributed by atoms with Crippen molar-refractivity contribution in [2.45, 2.75) is 56.8 Å². The van der Waals surface area contributed by atoms with Gasteiger partial charge in [-0.1, -0.05) is 32.9 Å². The molecule has 140 valence electrons. The van der Waals surface area contributed by atoms with E-state index in [-0.39, 0.29) is 23.5 Å². The number of carbonyl (C=O) groups is 1. The van der Waals surface area contributed by atoms with Gasteiger partial charge in [-0.05, 0) is 37.0 Å². The van der Waals surface area contributed by atoms with E-state index in [0.29, 0.717) is 10.0 Å². The van der Waals surface area contributed by atoms with E-state index in [2.05, 4.69) is 24.1 Å². The lowest BCUT2D eigenvalue weighted by Gasteiger charge is -2.27. The topological polar surface area (TPSA) is 76.1 Å². The van der Waals surface area contributed by atoms with Crippen molar-refractivity contribution in [3.05, 3.63) is 40.4 Å². The molecule has 1 heterocycles. The van der Waals surface area contributed by atoms with E-state index in [1.165, 1.54) is 4.88 Å². The van der Waals surface area contributed by atoms with Gasteiger partial charge < -0.3 is 5.32 Å². The molecule has 3 rings (SSSR count). The number of rotatable bonds is 5. The molecular weight excluding hydrogens is 368 g/mol. The van der Waals surface area contributed by atoms with Gasteiger partial charge >= 0.3 is 0 Å². The van der Waals surface area contributed by atoms with Crippen molar-refractivity contribution in [2.24, 2.45) is 0 Å². The Morgan fingerprint density at radius 3 is 2.58 bits per heavy atom. The Kier molecular flexibility index (Phi) is 5.21. The summed E-state index contributed by atoms with van der Waals surface area (Å²) in [5.74, 6) is -0.0715. The van der Waals surface area contributed by atoms with Crippen molar-refractivity contribution in [2.75, 3.05) is 11.1 Å². The Hall–Kier alpha value is -1.73. The highest BCUT2D eigenvalue weighted by atomic mass is 32.2. The van der Waals surface area contributed by atoms with Crippen molar-refractivity contribution >= 4 is 32.2 Å². The summed E-state index contributed by atoms with van der Waals surface area (Å²) in [5, 5.41) is 3.54. The van der Waals surface area contributed by atoms with Crippen LogP contribution in [0.3, 0.4) is 0 Å². The van der Waals surface area contributed by atoms with E-state index in [9.17, 15) is 13.2 Å². The van der Waals surface area contributed by atoms with Crippen LogP contribution in [0, 0.1) is 0 Å². The van der Waals surface area contributed by atoms with Crippen LogP contribution in [-0.2, 0) is 32.9 Å². The molecule has 0 saturated heterocycles. The van der Waals surface area contributed by atoms with Gasteiger partial charge in [0.05, 0.1) is 22.8 Å². The summed E-state index contributed by atoms with van der Waals surface area (Å²) in [7, 11) is -3.21. The first-order valence-electron chi connectivity index (χ1n) is 8.83. The fraction of sp³-hybridized carbons (Fsp3) is 0.474. The quantitative estimate of drug-likeness (QED) is 0.841. The fourth-order valence-corrected chi connectivity index (χ4v) is 5.33. The molecule has 0 saturated carbocycles. The molecule has 0 spiro atoms. The largest absolute Gasteiger partial charge is 0.302 e. The molecule has 1 aliphatic carbocycles. The molecule has 2 aromatic rings. The molecule has 1 N–H and O–H groups in total. The summed E-state index contributed by atoms with van der Waals surface area (Å²) in [6, 6.07) is 6.51. The molecule has 1 amide bonds. The number of hydrogen-bond acceptors (Lipinski definition) is 5. The van der Waals surface area contributed by atoms with Gasteiger partial charge in [-0.2, -0.15) is 0 Å². The van der Waals surface area contributed by atoms with Crippen LogP contribution in [0.1, 0.15) is 49.7 Å². The van der Waals surface area contributed by atoms with Gasteiger partial charge in [0.25, 0.3) is 0 Å². The molecule has 0 unspecified atom stereocenters. The fourth-order valence-electron chi connectivity index (χ4n) is 3.24. The first kappa shape index (κ1) is 19.0. The number of carbonyl (C=O) groups excluding carboxylic acids is 1. The predicted octanol–water partition coefficient (Wildman–Crippen LogP) is 3.73. The average Bonchev–Trinajstić information content (AvgIpc) is 2.99. The van der Waals surface area contributed by atoms with Gasteiger partial charge in [-0.25, -0.2) is 13.4 Å². The first-order valence-corrected chi connectivity index (χ1v) is 11.3. The van der Waals surface area contributed by atoms with E-state index in [0.717, 1.165) is 30.5 Å². The summed E-state index contributed by atoms with van der Waals surface area (Å²) in [5.41, 5.74) is 1.95. The summed E-state index contributed by atoms with van der Waals surface area (Å²) < 4.78 is 23.7. The van der Waals surface area contributed by atoms with Crippen LogP contribution in [0.5, 0.6) is 0 Å². The minimum absolute atomic E-state index is 0.0632. The van der Waals surface area contributed by atoms with Crippen molar-refractivity contribution in [1.29, 1.82) is 0 Å². The summed E-state index contributed by atoms with van der Waals surface area (Å²) >= 11 is 1.56. The van der Waals surface area contributed by atoms with Crippen molar-refractivity contribution < 1.29 is 13.2 Å². The molecule has 0 aliphatic heterocycles. The van der Waals surface area contributed by atoms with Crippen molar-refractivity contribution in [1.82, 2.24) is 4.98 Å². The lowest BCUT2D eigenvalue weighted by molar-refractivity contribution is -0.115. The zero-order valence-corrected chi connectivity index (χ0v) is 17.0. The molecule has 7 heteroatoms. The van der Waals surface area contributed by atoms with Crippen LogP contribution >= 0.6 is 11.3 Å². The maximum Gasteiger partial charge on any atom is 0.230 e. The first-order chi connectivity index (χ1) is 12.2. The molecule has 0 bridgehead atoms. The molecule has 1 aliphatic rings. The molecule has 26 heavy (non-hydrogen) atoms. The molecule has 0 atom stereocenters. The Bertz CT molecular complexity index is 913. The second-order valence-electron chi connectivity index (χ2n) is 7.30. The van der Waals surface area contributed by atoms with Crippen LogP contribution in [0.15, 0.2) is 29.2 Å². The third-order valence-corrected chi connectivity index (χ3v) is 7.60. The maximum atomic E-state index is 12.3. The smallest absolute Gasteiger partial charge is 0.230 e. The third-order valence-electron chi connectivity index (χ3n) is 4.82. The number of thiazole rings is 1. The zero-order valence-electron chi connectivity index (χ0n) is 15.3. The monoisotopic (exact) mass is 392 g/mol. The number of aromatic nitrogens is 1. The van der Waals surface area contributed by atoms with Gasteiger partial charge in [-0.3, -0.25) is 4.79 Å². The Labute approximate surface area is 158 Å². The van der Waals surface area contributed by atoms with Gasteiger partial charge in [0.2, 0.25) is 5.91 Å².